The van der Waals surface area contributed by atoms with Crippen LogP contribution in [0.4, 0.5) is 0 Å². The molecule has 0 aliphatic heterocycles. The number of aryl methyl sites for hydroxylation is 1. The molecule has 0 radical (unpaired) electrons. The molecule has 33 heavy (non-hydrogen) atoms. The molecule has 0 aliphatic carbocycles. The van der Waals surface area contributed by atoms with Gasteiger partial charge in [-0.15, -0.1) is 0 Å². The number of fused-ring (bicyclic) bond motifs is 1. The second-order valence-electron chi connectivity index (χ2n) is 11.1. The van der Waals surface area contributed by atoms with Crippen LogP contribution >= 0.6 is 11.3 Å². The standard InChI is InChI=1S/C14H21N2O2SSi.3C4H9.Sn/c1-9-15-12(14(2,3)4)13-16(9)10(8-19-13)11(17)7-18-20(5)6;3*1-3-4-2;/h20H,7H2,1-6H3;3*1,3-4H2,2H3;. The monoisotopic (exact) mass is 600 g/mol. The molecule has 2 aromatic rings. The Morgan fingerprint density at radius 1 is 1.03 bits per heavy atom. The van der Waals surface area contributed by atoms with Crippen LogP contribution in [0, 0.1) is 6.92 Å². The molecule has 0 unspecified atom stereocenters. The predicted molar refractivity (Wildman–Crippen MR) is 150 cm³/mol. The second-order valence-corrected chi connectivity index (χ2v) is 28.5. The van der Waals surface area contributed by atoms with Crippen LogP contribution in [0.2, 0.25) is 26.4 Å². The summed E-state index contributed by atoms with van der Waals surface area (Å²) in [4.78, 5) is 20.0. The molecule has 0 fully saturated rings. The van der Waals surface area contributed by atoms with Gasteiger partial charge in [0.15, 0.2) is 0 Å². The van der Waals surface area contributed by atoms with Crippen LogP contribution in [0.1, 0.15) is 102 Å². The number of rotatable bonds is 14. The summed E-state index contributed by atoms with van der Waals surface area (Å²) in [5.41, 5.74) is 2.06. The van der Waals surface area contributed by atoms with Crippen LogP contribution in [-0.4, -0.2) is 49.2 Å². The van der Waals surface area contributed by atoms with Crippen molar-refractivity contribution in [2.45, 2.75) is 119 Å². The van der Waals surface area contributed by atoms with Gasteiger partial charge < -0.3 is 0 Å². The Hall–Kier alpha value is -0.184. The Morgan fingerprint density at radius 3 is 1.97 bits per heavy atom. The van der Waals surface area contributed by atoms with E-state index in [9.17, 15) is 4.79 Å². The van der Waals surface area contributed by atoms with Crippen LogP contribution in [0.25, 0.3) is 4.83 Å². The van der Waals surface area contributed by atoms with Gasteiger partial charge in [0.05, 0.1) is 0 Å². The van der Waals surface area contributed by atoms with E-state index in [-0.39, 0.29) is 17.8 Å². The quantitative estimate of drug-likeness (QED) is 0.170. The number of aromatic nitrogens is 2. The summed E-state index contributed by atoms with van der Waals surface area (Å²) >= 11 is -0.874. The molecule has 0 N–H and O–H groups in total. The molecule has 0 aromatic carbocycles. The van der Waals surface area contributed by atoms with Crippen LogP contribution in [0.3, 0.4) is 0 Å². The van der Waals surface area contributed by atoms with Gasteiger partial charge in [-0.1, -0.05) is 0 Å². The van der Waals surface area contributed by atoms with Crippen molar-refractivity contribution in [3.63, 3.8) is 0 Å². The summed E-state index contributed by atoms with van der Waals surface area (Å²) in [5, 5.41) is 0. The molecule has 2 heterocycles. The van der Waals surface area contributed by atoms with Crippen molar-refractivity contribution in [2.75, 3.05) is 6.61 Å². The minimum atomic E-state index is -2.82. The Kier molecular flexibility index (Phi) is 11.2. The van der Waals surface area contributed by atoms with Crippen molar-refractivity contribution in [3.8, 4) is 0 Å². The molecular weight excluding hydrogens is 551 g/mol. The second kappa shape index (κ2) is 12.7. The molecular formula is C26H48N2O2SSiSn. The first-order valence-electron chi connectivity index (χ1n) is 13.2. The molecule has 2 rings (SSSR count). The summed E-state index contributed by atoms with van der Waals surface area (Å²) in [5.74, 6) is 1.15. The number of hydrogen-bond donors (Lipinski definition) is 0. The summed E-state index contributed by atoms with van der Waals surface area (Å²) in [6, 6.07) is 0. The summed E-state index contributed by atoms with van der Waals surface area (Å²) in [6.45, 7) is 20.3. The normalized spacial score (nSPS) is 12.9. The molecule has 0 atom stereocenters. The van der Waals surface area contributed by atoms with E-state index in [0.717, 1.165) is 17.2 Å². The van der Waals surface area contributed by atoms with Crippen molar-refractivity contribution in [1.29, 1.82) is 0 Å². The van der Waals surface area contributed by atoms with Crippen molar-refractivity contribution in [3.05, 3.63) is 17.2 Å². The molecule has 2 aromatic heterocycles. The molecule has 0 saturated heterocycles. The topological polar surface area (TPSA) is 43.6 Å². The third kappa shape index (κ3) is 6.95. The molecule has 188 valence electrons. The number of nitrogens with zero attached hydrogens (tertiary/aromatic N) is 2. The van der Waals surface area contributed by atoms with Gasteiger partial charge in [0.25, 0.3) is 0 Å². The van der Waals surface area contributed by atoms with Gasteiger partial charge in [0.1, 0.15) is 0 Å². The van der Waals surface area contributed by atoms with E-state index in [2.05, 4.69) is 66.0 Å². The molecule has 0 spiro atoms. The Bertz CT molecular complexity index is 892. The molecule has 7 heteroatoms. The first-order chi connectivity index (χ1) is 15.5. The van der Waals surface area contributed by atoms with Gasteiger partial charge in [0.2, 0.25) is 0 Å². The van der Waals surface area contributed by atoms with E-state index in [4.69, 9.17) is 9.41 Å². The zero-order chi connectivity index (χ0) is 24.8. The Morgan fingerprint density at radius 2 is 1.55 bits per heavy atom. The first kappa shape index (κ1) is 29.0. The zero-order valence-corrected chi connectivity index (χ0v) is 27.6. The third-order valence-corrected chi connectivity index (χ3v) is 26.9. The maximum absolute atomic E-state index is 13.8. The minimum absolute atomic E-state index is 0.0439. The number of carbonyl (C=O) groups excluding carboxylic acids is 1. The van der Waals surface area contributed by atoms with Gasteiger partial charge in [-0.25, -0.2) is 0 Å². The van der Waals surface area contributed by atoms with E-state index in [1.54, 1.807) is 0 Å². The average molecular weight is 600 g/mol. The first-order valence-corrected chi connectivity index (χ1v) is 24.3. The van der Waals surface area contributed by atoms with Gasteiger partial charge >= 0.3 is 213 Å². The van der Waals surface area contributed by atoms with Crippen molar-refractivity contribution >= 4 is 52.3 Å². The van der Waals surface area contributed by atoms with Crippen molar-refractivity contribution < 1.29 is 9.22 Å². The fraction of sp³-hybridized carbons (Fsp3) is 0.769. The number of hydrogen-bond acceptors (Lipinski definition) is 4. The predicted octanol–water partition coefficient (Wildman–Crippen LogP) is 7.24. The van der Waals surface area contributed by atoms with E-state index >= 15 is 0 Å². The van der Waals surface area contributed by atoms with Crippen LogP contribution in [0.15, 0.2) is 0 Å². The number of carbonyl (C=O) groups is 1. The van der Waals surface area contributed by atoms with Gasteiger partial charge in [-0.05, 0) is 0 Å². The number of unbranched alkanes of at least 4 members (excludes halogenated alkanes) is 3. The summed E-state index contributed by atoms with van der Waals surface area (Å²) in [6.07, 6.45) is 7.59. The van der Waals surface area contributed by atoms with E-state index in [1.807, 2.05) is 11.3 Å². The van der Waals surface area contributed by atoms with Gasteiger partial charge in [-0.3, -0.25) is 0 Å². The summed E-state index contributed by atoms with van der Waals surface area (Å²) in [7, 11) is -1.27. The molecule has 0 amide bonds. The SMILES string of the molecule is CCC[CH2][Sn]([CH2]CCC)([CH2]CCC)[c]1sc2c(C(C)(C)C)nc(C)n2c1C(=O)CO[SiH](C)C. The number of ketones is 1. The fourth-order valence-electron chi connectivity index (χ4n) is 4.79. The van der Waals surface area contributed by atoms with Crippen LogP contribution in [0.5, 0.6) is 0 Å². The number of imidazole rings is 1. The third-order valence-electron chi connectivity index (χ3n) is 6.67. The van der Waals surface area contributed by atoms with Crippen LogP contribution < -0.4 is 2.89 Å². The Balaban J connectivity index is 2.83. The average Bonchev–Trinajstić information content (AvgIpc) is 3.30. The van der Waals surface area contributed by atoms with Crippen LogP contribution in [-0.2, 0) is 9.84 Å². The zero-order valence-electron chi connectivity index (χ0n) is 22.8. The van der Waals surface area contributed by atoms with Gasteiger partial charge in [0, 0.05) is 0 Å². The Labute approximate surface area is 212 Å². The van der Waals surface area contributed by atoms with Crippen molar-refractivity contribution in [1.82, 2.24) is 9.38 Å². The molecule has 0 aliphatic rings. The number of thiazole rings is 1. The van der Waals surface area contributed by atoms with Gasteiger partial charge in [-0.2, -0.15) is 0 Å². The van der Waals surface area contributed by atoms with E-state index in [1.165, 1.54) is 59.6 Å². The molecule has 0 bridgehead atoms. The molecule has 0 saturated carbocycles. The van der Waals surface area contributed by atoms with E-state index < -0.39 is 27.4 Å². The number of Topliss-reactive ketones (excluding diaryl/α,β-unsaturated/α-hetero) is 1. The molecule has 4 nitrogen and oxygen atoms in total. The summed E-state index contributed by atoms with van der Waals surface area (Å²) < 4.78 is 13.8. The van der Waals surface area contributed by atoms with E-state index in [0.29, 0.717) is 0 Å². The maximum atomic E-state index is 13.8. The van der Waals surface area contributed by atoms with Crippen molar-refractivity contribution in [2.24, 2.45) is 0 Å². The fourth-order valence-corrected chi connectivity index (χ4v) is 26.5.